The predicted octanol–water partition coefficient (Wildman–Crippen LogP) is -4.95. The molecule has 1 aliphatic rings. The third-order valence-corrected chi connectivity index (χ3v) is 12.5. The van der Waals surface area contributed by atoms with Gasteiger partial charge in [-0.1, -0.05) is 46.2 Å². The van der Waals surface area contributed by atoms with Gasteiger partial charge in [-0.25, -0.2) is 4.79 Å². The number of aliphatic hydroxyl groups excluding tert-OH is 2. The molecule has 12 atom stereocenters. The van der Waals surface area contributed by atoms with Crippen molar-refractivity contribution in [1.29, 1.82) is 0 Å². The first-order valence-corrected chi connectivity index (χ1v) is 24.8. The number of nitrogens with one attached hydrogen (secondary N) is 7. The van der Waals surface area contributed by atoms with E-state index in [0.29, 0.717) is 12.0 Å². The zero-order valence-corrected chi connectivity index (χ0v) is 43.3. The van der Waals surface area contributed by atoms with E-state index in [1.807, 2.05) is 0 Å². The highest BCUT2D eigenvalue weighted by molar-refractivity contribution is 7.80. The smallest absolute Gasteiger partial charge is 0.326 e. The first kappa shape index (κ1) is 63.3. The van der Waals surface area contributed by atoms with Gasteiger partial charge in [-0.2, -0.15) is 12.6 Å². The van der Waals surface area contributed by atoms with E-state index in [1.165, 1.54) is 36.1 Å². The van der Waals surface area contributed by atoms with Gasteiger partial charge >= 0.3 is 5.97 Å². The molecule has 0 spiro atoms. The SMILES string of the molecule is CC[C@H](C)[C@H](NC(=O)[C@@H](NC(=O)[C@@H](N)C(C)C)[C@@H](C)O)C(=O)N[C@@H](CC(N)=O)C(=O)N[C@@H](CS)C(=O)N[C@H](C(=O)N[C@@H](CCCN=C(N)N)C(=O)N1CCC[C@H]1C(=O)N[C@@H](Cc1ccc(O)cc1)C(=O)O)[C@@H](C)O. The second kappa shape index (κ2) is 30.4. The molecule has 74 heavy (non-hydrogen) atoms. The van der Waals surface area contributed by atoms with Crippen molar-refractivity contribution in [2.75, 3.05) is 18.8 Å². The maximum atomic E-state index is 14.2. The molecule has 0 radical (unpaired) electrons. The standard InChI is InChI=1S/C46H75N13O14S/c1-7-22(4)34(56-43(70)36(24(6)61)58-40(67)33(48)21(2)3)41(68)53-28(19-32(47)63)37(64)55-30(20-74)38(65)57-35(23(5)60)42(69)52-27(10-8-16-51-46(49)50)44(71)59-17-9-11-31(59)39(66)54-29(45(72)73)18-25-12-14-26(62)15-13-25/h12-15,21-24,27-31,33-36,60-62,74H,7-11,16-20,48H2,1-6H3,(H2,47,63)(H,52,69)(H,53,68)(H,54,66)(H,55,64)(H,56,70)(H,57,65)(H,58,67)(H,72,73)(H4,49,50,51)/t22-,23+,24+,27-,28-,29-,30-,31-,33-,34-,35-,36-/m0/s1. The number of likely N-dealkylation sites (tertiary alicyclic amines) is 1. The number of aliphatic hydroxyl groups is 2. The second-order valence-corrected chi connectivity index (χ2v) is 18.9. The Morgan fingerprint density at radius 1 is 0.716 bits per heavy atom. The molecule has 28 heteroatoms. The number of benzene rings is 1. The Morgan fingerprint density at radius 3 is 1.74 bits per heavy atom. The molecule has 1 heterocycles. The summed E-state index contributed by atoms with van der Waals surface area (Å²) >= 11 is 4.16. The first-order chi connectivity index (χ1) is 34.6. The number of thiol groups is 1. The summed E-state index contributed by atoms with van der Waals surface area (Å²) in [6, 6.07) is -7.47. The molecular weight excluding hydrogens is 991 g/mol. The van der Waals surface area contributed by atoms with Gasteiger partial charge in [0.15, 0.2) is 5.96 Å². The number of aromatic hydroxyl groups is 1. The Balaban J connectivity index is 2.32. The highest BCUT2D eigenvalue weighted by atomic mass is 32.1. The van der Waals surface area contributed by atoms with Crippen molar-refractivity contribution < 1.29 is 68.4 Å². The molecule has 1 fully saturated rings. The predicted molar refractivity (Wildman–Crippen MR) is 271 cm³/mol. The summed E-state index contributed by atoms with van der Waals surface area (Å²) < 4.78 is 0. The number of primary amides is 1. The lowest BCUT2D eigenvalue weighted by molar-refractivity contribution is -0.145. The molecule has 0 saturated carbocycles. The van der Waals surface area contributed by atoms with Crippen LogP contribution in [0.25, 0.3) is 0 Å². The number of phenols is 1. The van der Waals surface area contributed by atoms with Gasteiger partial charge < -0.3 is 85.5 Å². The van der Waals surface area contributed by atoms with Gasteiger partial charge in [0.05, 0.1) is 24.7 Å². The van der Waals surface area contributed by atoms with Crippen LogP contribution in [0.1, 0.15) is 85.6 Å². The highest BCUT2D eigenvalue weighted by Gasteiger charge is 2.41. The van der Waals surface area contributed by atoms with Gasteiger partial charge in [0.2, 0.25) is 53.2 Å². The number of nitrogens with zero attached hydrogens (tertiary/aromatic N) is 2. The molecule has 1 saturated heterocycles. The Morgan fingerprint density at radius 2 is 1.23 bits per heavy atom. The zero-order chi connectivity index (χ0) is 56.1. The molecule has 1 aromatic rings. The highest BCUT2D eigenvalue weighted by Crippen LogP contribution is 2.21. The summed E-state index contributed by atoms with van der Waals surface area (Å²) in [5, 5.41) is 57.6. The monoisotopic (exact) mass is 1070 g/mol. The van der Waals surface area contributed by atoms with Crippen molar-refractivity contribution in [3.05, 3.63) is 29.8 Å². The molecule has 27 nitrogen and oxygen atoms in total. The molecular formula is C46H75N13O14S. The van der Waals surface area contributed by atoms with Crippen LogP contribution in [0, 0.1) is 11.8 Å². The van der Waals surface area contributed by atoms with Crippen LogP contribution in [-0.4, -0.2) is 176 Å². The van der Waals surface area contributed by atoms with Gasteiger partial charge in [-0.3, -0.25) is 48.1 Å². The first-order valence-electron chi connectivity index (χ1n) is 24.1. The normalized spacial score (nSPS) is 17.7. The van der Waals surface area contributed by atoms with Gasteiger partial charge in [0, 0.05) is 25.3 Å². The van der Waals surface area contributed by atoms with E-state index in [2.05, 4.69) is 54.8 Å². The van der Waals surface area contributed by atoms with E-state index in [1.54, 1.807) is 27.7 Å². The van der Waals surface area contributed by atoms with E-state index in [-0.39, 0.29) is 62.8 Å². The minimum absolute atomic E-state index is 0.00468. The summed E-state index contributed by atoms with van der Waals surface area (Å²) in [7, 11) is 0. The topological polar surface area (TPSA) is 456 Å². The number of aliphatic imine (C=N–C) groups is 1. The molecule has 0 aliphatic carbocycles. The lowest BCUT2D eigenvalue weighted by atomic mass is 9.96. The van der Waals surface area contributed by atoms with Crippen LogP contribution < -0.4 is 60.2 Å². The fourth-order valence-corrected chi connectivity index (χ4v) is 7.82. The van der Waals surface area contributed by atoms with Crippen LogP contribution in [0.2, 0.25) is 0 Å². The van der Waals surface area contributed by atoms with Crippen molar-refractivity contribution >= 4 is 77.7 Å². The number of rotatable bonds is 30. The summed E-state index contributed by atoms with van der Waals surface area (Å²) in [4.78, 5) is 139. The molecule has 9 amide bonds. The van der Waals surface area contributed by atoms with Crippen LogP contribution in [0.3, 0.4) is 0 Å². The number of amides is 9. The second-order valence-electron chi connectivity index (χ2n) is 18.5. The van der Waals surface area contributed by atoms with Crippen molar-refractivity contribution in [1.82, 2.24) is 42.1 Å². The fraction of sp³-hybridized carbons (Fsp3) is 0.630. The molecule has 0 aromatic heterocycles. The summed E-state index contributed by atoms with van der Waals surface area (Å²) in [6.45, 7) is 9.05. The summed E-state index contributed by atoms with van der Waals surface area (Å²) in [5.74, 6) is -11.7. The lowest BCUT2D eigenvalue weighted by Gasteiger charge is -2.31. The maximum absolute atomic E-state index is 14.2. The lowest BCUT2D eigenvalue weighted by Crippen LogP contribution is -2.63. The number of phenolic OH excluding ortho intramolecular Hbond substituents is 1. The molecule has 414 valence electrons. The van der Waals surface area contributed by atoms with Crippen LogP contribution in [0.15, 0.2) is 29.3 Å². The molecule has 0 bridgehead atoms. The Hall–Kier alpha value is -6.78. The minimum Gasteiger partial charge on any atom is -0.508 e. The molecule has 19 N–H and O–H groups in total. The maximum Gasteiger partial charge on any atom is 0.326 e. The number of carboxylic acids is 1. The number of carbonyl (C=O) groups is 10. The third kappa shape index (κ3) is 19.9. The van der Waals surface area contributed by atoms with Crippen LogP contribution >= 0.6 is 12.6 Å². The van der Waals surface area contributed by atoms with Gasteiger partial charge in [-0.15, -0.1) is 0 Å². The Bertz CT molecular complexity index is 2160. The zero-order valence-electron chi connectivity index (χ0n) is 42.4. The Labute approximate surface area is 434 Å². The van der Waals surface area contributed by atoms with E-state index in [0.717, 1.165) is 6.92 Å². The van der Waals surface area contributed by atoms with Crippen LogP contribution in [-0.2, 0) is 54.4 Å². The summed E-state index contributed by atoms with van der Waals surface area (Å²) in [5.41, 5.74) is 22.8. The number of carbonyl (C=O) groups excluding carboxylic acids is 9. The Kier molecular flexibility index (Phi) is 26.0. The van der Waals surface area contributed by atoms with Crippen molar-refractivity contribution in [3.8, 4) is 5.75 Å². The van der Waals surface area contributed by atoms with Crippen molar-refractivity contribution in [2.45, 2.75) is 153 Å². The van der Waals surface area contributed by atoms with E-state index >= 15 is 0 Å². The average molecular weight is 1070 g/mol. The largest absolute Gasteiger partial charge is 0.508 e. The van der Waals surface area contributed by atoms with E-state index in [4.69, 9.17) is 22.9 Å². The number of aliphatic carboxylic acids is 1. The molecule has 1 aliphatic heterocycles. The molecule has 2 rings (SSSR count). The quantitative estimate of drug-likeness (QED) is 0.0149. The average Bonchev–Trinajstić information content (AvgIpc) is 3.83. The number of hydrogen-bond acceptors (Lipinski definition) is 16. The van der Waals surface area contributed by atoms with E-state index in [9.17, 15) is 68.4 Å². The minimum atomic E-state index is -1.80. The third-order valence-electron chi connectivity index (χ3n) is 12.2. The molecule has 0 unspecified atom stereocenters. The van der Waals surface area contributed by atoms with Crippen LogP contribution in [0.5, 0.6) is 5.75 Å². The van der Waals surface area contributed by atoms with Gasteiger partial charge in [0.25, 0.3) is 0 Å². The van der Waals surface area contributed by atoms with Gasteiger partial charge in [-0.05, 0) is 69.1 Å². The summed E-state index contributed by atoms with van der Waals surface area (Å²) in [6.07, 6.45) is -3.32. The van der Waals surface area contributed by atoms with Crippen molar-refractivity contribution in [3.63, 3.8) is 0 Å². The molecule has 1 aromatic carbocycles. The number of nitrogens with two attached hydrogens (primary N) is 4. The van der Waals surface area contributed by atoms with E-state index < -0.39 is 144 Å². The number of guanidine groups is 1. The number of hydrogen-bond donors (Lipinski definition) is 16. The van der Waals surface area contributed by atoms with Gasteiger partial charge in [0.1, 0.15) is 54.1 Å². The fourth-order valence-electron chi connectivity index (χ4n) is 7.56. The van der Waals surface area contributed by atoms with Crippen molar-refractivity contribution in [2.24, 2.45) is 39.8 Å². The number of carboxylic acid groups (broad SMARTS) is 1. The van der Waals surface area contributed by atoms with Crippen LogP contribution in [0.4, 0.5) is 0 Å².